The van der Waals surface area contributed by atoms with Crippen LogP contribution in [0.2, 0.25) is 0 Å². The maximum absolute atomic E-state index is 5.71. The number of nitrogens with one attached hydrogen (secondary N) is 1. The maximum Gasteiger partial charge on any atom is 0.161 e. The highest BCUT2D eigenvalue weighted by atomic mass is 16.5. The van der Waals surface area contributed by atoms with Gasteiger partial charge in [-0.2, -0.15) is 0 Å². The number of hydrogen-bond donors (Lipinski definition) is 1. The lowest BCUT2D eigenvalue weighted by atomic mass is 10.3. The number of hydrogen-bond acceptors (Lipinski definition) is 4. The average molecular weight is 281 g/mol. The van der Waals surface area contributed by atoms with Crippen molar-refractivity contribution in [1.29, 1.82) is 0 Å². The van der Waals surface area contributed by atoms with Crippen LogP contribution in [0.3, 0.4) is 0 Å². The fraction of sp³-hybridized carbons (Fsp3) is 0.625. The highest BCUT2D eigenvalue weighted by Gasteiger charge is 2.02. The number of benzene rings is 1. The van der Waals surface area contributed by atoms with Gasteiger partial charge < -0.3 is 19.5 Å². The minimum absolute atomic E-state index is 0.624. The van der Waals surface area contributed by atoms with Crippen LogP contribution >= 0.6 is 0 Å². The van der Waals surface area contributed by atoms with Gasteiger partial charge in [0.05, 0.1) is 13.2 Å². The van der Waals surface area contributed by atoms with Crippen LogP contribution in [-0.2, 0) is 4.74 Å². The standard InChI is InChI=1S/C16H27NO3/c1-3-5-12-18-13-10-17-11-14-20-16-9-7-6-8-15(16)19-4-2/h6-9,17H,3-5,10-14H2,1-2H3. The molecule has 4 heteroatoms. The van der Waals surface area contributed by atoms with Gasteiger partial charge in [-0.15, -0.1) is 0 Å². The molecule has 0 spiro atoms. The Bertz CT molecular complexity index is 344. The van der Waals surface area contributed by atoms with E-state index in [1.54, 1.807) is 0 Å². The molecular weight excluding hydrogens is 254 g/mol. The second kappa shape index (κ2) is 11.6. The van der Waals surface area contributed by atoms with Crippen LogP contribution in [0.15, 0.2) is 24.3 Å². The molecule has 0 amide bonds. The molecule has 0 aliphatic heterocycles. The summed E-state index contributed by atoms with van der Waals surface area (Å²) in [5.74, 6) is 1.60. The van der Waals surface area contributed by atoms with Crippen LogP contribution in [0, 0.1) is 0 Å². The quantitative estimate of drug-likeness (QED) is 0.598. The van der Waals surface area contributed by atoms with Crippen molar-refractivity contribution in [3.63, 3.8) is 0 Å². The summed E-state index contributed by atoms with van der Waals surface area (Å²) in [5, 5.41) is 3.29. The molecule has 0 fully saturated rings. The van der Waals surface area contributed by atoms with Crippen LogP contribution in [0.1, 0.15) is 26.7 Å². The summed E-state index contributed by atoms with van der Waals surface area (Å²) in [4.78, 5) is 0. The molecule has 0 heterocycles. The molecule has 0 aliphatic rings. The lowest BCUT2D eigenvalue weighted by Crippen LogP contribution is -2.25. The normalized spacial score (nSPS) is 10.5. The fourth-order valence-corrected chi connectivity index (χ4v) is 1.70. The van der Waals surface area contributed by atoms with Crippen LogP contribution in [0.25, 0.3) is 0 Å². The monoisotopic (exact) mass is 281 g/mol. The third-order valence-corrected chi connectivity index (χ3v) is 2.75. The molecule has 0 aliphatic carbocycles. The SMILES string of the molecule is CCCCOCCNCCOc1ccccc1OCC. The van der Waals surface area contributed by atoms with Gasteiger partial charge in [0.2, 0.25) is 0 Å². The van der Waals surface area contributed by atoms with Crippen molar-refractivity contribution in [3.05, 3.63) is 24.3 Å². The fourth-order valence-electron chi connectivity index (χ4n) is 1.70. The smallest absolute Gasteiger partial charge is 0.161 e. The van der Waals surface area contributed by atoms with E-state index in [2.05, 4.69) is 12.2 Å². The van der Waals surface area contributed by atoms with E-state index in [0.29, 0.717) is 13.2 Å². The molecule has 1 N–H and O–H groups in total. The molecule has 1 aromatic carbocycles. The summed E-state index contributed by atoms with van der Waals surface area (Å²) in [6.45, 7) is 8.69. The van der Waals surface area contributed by atoms with Gasteiger partial charge in [-0.1, -0.05) is 25.5 Å². The van der Waals surface area contributed by atoms with Gasteiger partial charge in [0.15, 0.2) is 11.5 Å². The number of para-hydroxylation sites is 2. The Hall–Kier alpha value is -1.26. The summed E-state index contributed by atoms with van der Waals surface area (Å²) < 4.78 is 16.7. The largest absolute Gasteiger partial charge is 0.490 e. The predicted octanol–water partition coefficient (Wildman–Crippen LogP) is 2.87. The maximum atomic E-state index is 5.71. The third-order valence-electron chi connectivity index (χ3n) is 2.75. The third kappa shape index (κ3) is 7.36. The summed E-state index contributed by atoms with van der Waals surface area (Å²) >= 11 is 0. The molecule has 0 saturated carbocycles. The Labute approximate surface area is 122 Å². The van der Waals surface area contributed by atoms with Crippen molar-refractivity contribution < 1.29 is 14.2 Å². The molecule has 1 aromatic rings. The van der Waals surface area contributed by atoms with Crippen molar-refractivity contribution in [1.82, 2.24) is 5.32 Å². The second-order valence-corrected chi connectivity index (χ2v) is 4.44. The first-order valence-electron chi connectivity index (χ1n) is 7.51. The Morgan fingerprint density at radius 2 is 1.60 bits per heavy atom. The Morgan fingerprint density at radius 3 is 2.30 bits per heavy atom. The predicted molar refractivity (Wildman–Crippen MR) is 81.7 cm³/mol. The molecule has 114 valence electrons. The number of ether oxygens (including phenoxy) is 3. The molecule has 1 rings (SSSR count). The highest BCUT2D eigenvalue weighted by molar-refractivity contribution is 5.39. The van der Waals surface area contributed by atoms with Gasteiger partial charge in [0, 0.05) is 19.7 Å². The van der Waals surface area contributed by atoms with Crippen molar-refractivity contribution in [2.75, 3.05) is 39.5 Å². The van der Waals surface area contributed by atoms with Gasteiger partial charge in [-0.05, 0) is 25.5 Å². The lowest BCUT2D eigenvalue weighted by molar-refractivity contribution is 0.132. The van der Waals surface area contributed by atoms with Crippen LogP contribution in [-0.4, -0.2) is 39.5 Å². The van der Waals surface area contributed by atoms with Crippen LogP contribution in [0.4, 0.5) is 0 Å². The van der Waals surface area contributed by atoms with Crippen molar-refractivity contribution in [2.45, 2.75) is 26.7 Å². The van der Waals surface area contributed by atoms with Gasteiger partial charge in [0.1, 0.15) is 6.61 Å². The zero-order chi connectivity index (χ0) is 14.5. The first kappa shape index (κ1) is 16.8. The Kier molecular flexibility index (Phi) is 9.70. The zero-order valence-corrected chi connectivity index (χ0v) is 12.7. The molecule has 0 atom stereocenters. The molecule has 0 radical (unpaired) electrons. The van der Waals surface area contributed by atoms with Gasteiger partial charge in [0.25, 0.3) is 0 Å². The molecule has 4 nitrogen and oxygen atoms in total. The molecular formula is C16H27NO3. The van der Waals surface area contributed by atoms with E-state index in [4.69, 9.17) is 14.2 Å². The van der Waals surface area contributed by atoms with E-state index in [0.717, 1.165) is 44.2 Å². The molecule has 0 saturated heterocycles. The lowest BCUT2D eigenvalue weighted by Gasteiger charge is -2.12. The molecule has 0 bridgehead atoms. The van der Waals surface area contributed by atoms with Gasteiger partial charge in [-0.3, -0.25) is 0 Å². The first-order valence-corrected chi connectivity index (χ1v) is 7.51. The summed E-state index contributed by atoms with van der Waals surface area (Å²) in [6, 6.07) is 7.75. The molecule has 20 heavy (non-hydrogen) atoms. The van der Waals surface area contributed by atoms with Gasteiger partial charge in [-0.25, -0.2) is 0 Å². The first-order chi connectivity index (χ1) is 9.88. The minimum Gasteiger partial charge on any atom is -0.490 e. The Morgan fingerprint density at radius 1 is 0.900 bits per heavy atom. The van der Waals surface area contributed by atoms with Crippen LogP contribution < -0.4 is 14.8 Å². The van der Waals surface area contributed by atoms with E-state index in [-0.39, 0.29) is 0 Å². The second-order valence-electron chi connectivity index (χ2n) is 4.44. The number of unbranched alkanes of at least 4 members (excludes halogenated alkanes) is 1. The summed E-state index contributed by atoms with van der Waals surface area (Å²) in [7, 11) is 0. The van der Waals surface area contributed by atoms with E-state index in [1.165, 1.54) is 6.42 Å². The van der Waals surface area contributed by atoms with Crippen molar-refractivity contribution in [2.24, 2.45) is 0 Å². The summed E-state index contributed by atoms with van der Waals surface area (Å²) in [6.07, 6.45) is 2.32. The average Bonchev–Trinajstić information content (AvgIpc) is 2.47. The van der Waals surface area contributed by atoms with Crippen molar-refractivity contribution >= 4 is 0 Å². The highest BCUT2D eigenvalue weighted by Crippen LogP contribution is 2.25. The summed E-state index contributed by atoms with van der Waals surface area (Å²) in [5.41, 5.74) is 0. The van der Waals surface area contributed by atoms with Gasteiger partial charge >= 0.3 is 0 Å². The Balaban J connectivity index is 2.06. The van der Waals surface area contributed by atoms with E-state index in [9.17, 15) is 0 Å². The topological polar surface area (TPSA) is 39.7 Å². The van der Waals surface area contributed by atoms with Crippen LogP contribution in [0.5, 0.6) is 11.5 Å². The molecule has 0 unspecified atom stereocenters. The zero-order valence-electron chi connectivity index (χ0n) is 12.7. The van der Waals surface area contributed by atoms with E-state index >= 15 is 0 Å². The number of rotatable bonds is 12. The van der Waals surface area contributed by atoms with E-state index < -0.39 is 0 Å². The minimum atomic E-state index is 0.624. The van der Waals surface area contributed by atoms with E-state index in [1.807, 2.05) is 31.2 Å². The van der Waals surface area contributed by atoms with Crippen molar-refractivity contribution in [3.8, 4) is 11.5 Å². The molecule has 0 aromatic heterocycles.